The lowest BCUT2D eigenvalue weighted by molar-refractivity contribution is -0.138. The van der Waals surface area contributed by atoms with E-state index in [0.717, 1.165) is 28.8 Å². The number of carbonyl (C=O) groups excluding carboxylic acids is 2. The molecular weight excluding hydrogens is 518 g/mol. The van der Waals surface area contributed by atoms with E-state index in [1.807, 2.05) is 49.4 Å². The molecule has 214 valence electrons. The Labute approximate surface area is 240 Å². The summed E-state index contributed by atoms with van der Waals surface area (Å²) in [4.78, 5) is 40.6. The lowest BCUT2D eigenvalue weighted by Crippen LogP contribution is -2.64. The Morgan fingerprint density at radius 2 is 1.51 bits per heavy atom. The average Bonchev–Trinajstić information content (AvgIpc) is 3.30. The second-order valence-electron chi connectivity index (χ2n) is 11.0. The average molecular weight is 556 g/mol. The molecule has 0 radical (unpaired) electrons. The van der Waals surface area contributed by atoms with Gasteiger partial charge < -0.3 is 20.5 Å². The number of amides is 2. The topological polar surface area (TPSA) is 108 Å². The van der Waals surface area contributed by atoms with Gasteiger partial charge in [-0.05, 0) is 47.1 Å². The van der Waals surface area contributed by atoms with Gasteiger partial charge in [-0.15, -0.1) is 0 Å². The zero-order valence-electron chi connectivity index (χ0n) is 23.3. The Bertz CT molecular complexity index is 1340. The first-order chi connectivity index (χ1) is 19.9. The summed E-state index contributed by atoms with van der Waals surface area (Å²) < 4.78 is 5.80. The first kappa shape index (κ1) is 28.4. The summed E-state index contributed by atoms with van der Waals surface area (Å²) in [6.45, 7) is 3.93. The molecule has 1 fully saturated rings. The lowest BCUT2D eigenvalue weighted by Gasteiger charge is -2.41. The van der Waals surface area contributed by atoms with Crippen molar-refractivity contribution in [2.24, 2.45) is 0 Å². The third kappa shape index (κ3) is 6.43. The smallest absolute Gasteiger partial charge is 0.408 e. The fourth-order valence-electron chi connectivity index (χ4n) is 6.00. The van der Waals surface area contributed by atoms with Gasteiger partial charge in [0.2, 0.25) is 5.91 Å². The van der Waals surface area contributed by atoms with Crippen molar-refractivity contribution in [2.75, 3.05) is 19.7 Å². The van der Waals surface area contributed by atoms with Gasteiger partial charge in [-0.3, -0.25) is 14.5 Å². The highest BCUT2D eigenvalue weighted by Crippen LogP contribution is 2.44. The van der Waals surface area contributed by atoms with Gasteiger partial charge in [0.1, 0.15) is 12.1 Å². The Morgan fingerprint density at radius 3 is 2.10 bits per heavy atom. The van der Waals surface area contributed by atoms with Crippen molar-refractivity contribution in [3.63, 3.8) is 0 Å². The van der Waals surface area contributed by atoms with E-state index in [1.165, 1.54) is 5.56 Å². The summed E-state index contributed by atoms with van der Waals surface area (Å²) >= 11 is 0. The fraction of sp³-hybridized carbons (Fsp3) is 0.364. The summed E-state index contributed by atoms with van der Waals surface area (Å²) in [7, 11) is 0. The van der Waals surface area contributed by atoms with Crippen LogP contribution in [0.25, 0.3) is 11.1 Å². The molecule has 5 rings (SSSR count). The summed E-state index contributed by atoms with van der Waals surface area (Å²) in [5, 5.41) is 15.1. The van der Waals surface area contributed by atoms with E-state index in [-0.39, 0.29) is 24.9 Å². The minimum atomic E-state index is -1.19. The zero-order chi connectivity index (χ0) is 28.8. The van der Waals surface area contributed by atoms with Crippen molar-refractivity contribution in [3.8, 4) is 11.1 Å². The molecule has 1 heterocycles. The van der Waals surface area contributed by atoms with Crippen LogP contribution in [-0.4, -0.2) is 59.3 Å². The predicted octanol–water partition coefficient (Wildman–Crippen LogP) is 4.93. The molecule has 0 unspecified atom stereocenters. The molecule has 1 atom stereocenters. The van der Waals surface area contributed by atoms with Crippen molar-refractivity contribution in [3.05, 3.63) is 95.6 Å². The molecular formula is C33H37N3O5. The van der Waals surface area contributed by atoms with Crippen molar-refractivity contribution < 1.29 is 24.2 Å². The van der Waals surface area contributed by atoms with Crippen molar-refractivity contribution in [2.45, 2.75) is 56.7 Å². The molecule has 0 spiro atoms. The van der Waals surface area contributed by atoms with Crippen LogP contribution < -0.4 is 10.6 Å². The van der Waals surface area contributed by atoms with Gasteiger partial charge >= 0.3 is 12.1 Å². The maximum Gasteiger partial charge on any atom is 0.408 e. The summed E-state index contributed by atoms with van der Waals surface area (Å²) in [6.07, 6.45) is 0.422. The molecule has 0 saturated carbocycles. The first-order valence-corrected chi connectivity index (χ1v) is 14.3. The second kappa shape index (κ2) is 12.6. The maximum absolute atomic E-state index is 13.7. The number of fused-ring (bicyclic) bond motifs is 3. The molecule has 1 aliphatic heterocycles. The van der Waals surface area contributed by atoms with Crippen molar-refractivity contribution in [1.82, 2.24) is 15.5 Å². The number of hydrogen-bond donors (Lipinski definition) is 3. The number of likely N-dealkylation sites (tertiary alicyclic amines) is 1. The molecule has 2 aliphatic rings. The number of ether oxygens (including phenoxy) is 1. The SMILES string of the molecule is CC[C@@H](CC(=O)O)NC(=O)C1(NC(=O)OCC2c3ccccc3-c3ccccc32)CCN(Cc2ccccc2)CC1. The van der Waals surface area contributed by atoms with Crippen LogP contribution >= 0.6 is 0 Å². The minimum Gasteiger partial charge on any atom is -0.481 e. The molecule has 1 aliphatic carbocycles. The molecule has 3 aromatic carbocycles. The Morgan fingerprint density at radius 1 is 0.927 bits per heavy atom. The Hall–Kier alpha value is -4.17. The normalized spacial score (nSPS) is 16.7. The third-order valence-electron chi connectivity index (χ3n) is 8.33. The molecule has 8 heteroatoms. The van der Waals surface area contributed by atoms with Crippen LogP contribution in [0.4, 0.5) is 4.79 Å². The molecule has 1 saturated heterocycles. The van der Waals surface area contributed by atoms with Gasteiger partial charge in [-0.1, -0.05) is 85.8 Å². The monoisotopic (exact) mass is 555 g/mol. The highest BCUT2D eigenvalue weighted by molar-refractivity contribution is 5.90. The molecule has 0 aromatic heterocycles. The van der Waals surface area contributed by atoms with Gasteiger partial charge in [-0.25, -0.2) is 4.79 Å². The number of aliphatic carboxylic acids is 1. The fourth-order valence-corrected chi connectivity index (χ4v) is 6.00. The number of carboxylic acid groups (broad SMARTS) is 1. The quantitative estimate of drug-likeness (QED) is 0.328. The minimum absolute atomic E-state index is 0.0920. The highest BCUT2D eigenvalue weighted by Gasteiger charge is 2.44. The number of rotatable bonds is 10. The van der Waals surface area contributed by atoms with Gasteiger partial charge in [0.05, 0.1) is 6.42 Å². The molecule has 2 amide bonds. The van der Waals surface area contributed by atoms with Crippen LogP contribution in [0.3, 0.4) is 0 Å². The van der Waals surface area contributed by atoms with E-state index < -0.39 is 23.6 Å². The number of nitrogens with zero attached hydrogens (tertiary/aromatic N) is 1. The van der Waals surface area contributed by atoms with Crippen LogP contribution in [0.2, 0.25) is 0 Å². The second-order valence-corrected chi connectivity index (χ2v) is 11.0. The van der Waals surface area contributed by atoms with Gasteiger partial charge in [0.15, 0.2) is 0 Å². The zero-order valence-corrected chi connectivity index (χ0v) is 23.3. The van der Waals surface area contributed by atoms with Crippen LogP contribution in [0.1, 0.15) is 55.2 Å². The molecule has 41 heavy (non-hydrogen) atoms. The number of carboxylic acids is 1. The Balaban J connectivity index is 1.28. The molecule has 0 bridgehead atoms. The van der Waals surface area contributed by atoms with Crippen LogP contribution in [-0.2, 0) is 20.9 Å². The number of nitrogens with one attached hydrogen (secondary N) is 2. The van der Waals surface area contributed by atoms with Gasteiger partial charge in [-0.2, -0.15) is 0 Å². The molecule has 3 N–H and O–H groups in total. The van der Waals surface area contributed by atoms with E-state index in [9.17, 15) is 19.5 Å². The lowest BCUT2D eigenvalue weighted by atomic mass is 9.85. The number of carbonyl (C=O) groups is 3. The molecule has 8 nitrogen and oxygen atoms in total. The largest absolute Gasteiger partial charge is 0.481 e. The summed E-state index contributed by atoms with van der Waals surface area (Å²) in [5.41, 5.74) is 4.50. The maximum atomic E-state index is 13.7. The summed E-state index contributed by atoms with van der Waals surface area (Å²) in [5.74, 6) is -1.43. The standard InChI is InChI=1S/C33H37N3O5/c1-2-24(20-30(37)38)34-31(39)33(16-18-36(19-17-33)21-23-10-4-3-5-11-23)35-32(40)41-22-29-27-14-8-6-12-25(27)26-13-7-9-15-28(26)29/h3-15,24,29H,2,16-22H2,1H3,(H,34,39)(H,35,40)(H,37,38)/t24-/m0/s1. The van der Waals surface area contributed by atoms with Crippen LogP contribution in [0.15, 0.2) is 78.9 Å². The van der Waals surface area contributed by atoms with Crippen molar-refractivity contribution in [1.29, 1.82) is 0 Å². The number of piperidine rings is 1. The predicted molar refractivity (Wildman–Crippen MR) is 156 cm³/mol. The number of benzene rings is 3. The van der Waals surface area contributed by atoms with E-state index in [2.05, 4.69) is 51.9 Å². The number of hydrogen-bond acceptors (Lipinski definition) is 5. The van der Waals surface area contributed by atoms with E-state index in [4.69, 9.17) is 4.74 Å². The van der Waals surface area contributed by atoms with Crippen LogP contribution in [0, 0.1) is 0 Å². The van der Waals surface area contributed by atoms with E-state index in [0.29, 0.717) is 32.4 Å². The highest BCUT2D eigenvalue weighted by atomic mass is 16.5. The van der Waals surface area contributed by atoms with Gasteiger partial charge in [0.25, 0.3) is 0 Å². The Kier molecular flexibility index (Phi) is 8.69. The van der Waals surface area contributed by atoms with E-state index in [1.54, 1.807) is 0 Å². The van der Waals surface area contributed by atoms with Gasteiger partial charge in [0, 0.05) is 31.6 Å². The summed E-state index contributed by atoms with van der Waals surface area (Å²) in [6, 6.07) is 25.9. The first-order valence-electron chi connectivity index (χ1n) is 14.3. The molecule has 3 aromatic rings. The number of alkyl carbamates (subject to hydrolysis) is 1. The van der Waals surface area contributed by atoms with Crippen molar-refractivity contribution >= 4 is 18.0 Å². The third-order valence-corrected chi connectivity index (χ3v) is 8.33. The van der Waals surface area contributed by atoms with Crippen LogP contribution in [0.5, 0.6) is 0 Å². The van der Waals surface area contributed by atoms with E-state index >= 15 is 0 Å².